The average molecular weight is 424 g/mol. The lowest BCUT2D eigenvalue weighted by molar-refractivity contribution is 0.193. The summed E-state index contributed by atoms with van der Waals surface area (Å²) in [6, 6.07) is 18.4. The van der Waals surface area contributed by atoms with Gasteiger partial charge in [-0.25, -0.2) is 0 Å². The van der Waals surface area contributed by atoms with Gasteiger partial charge in [0.25, 0.3) is 0 Å². The molecule has 28 heavy (non-hydrogen) atoms. The molecule has 0 atom stereocenters. The summed E-state index contributed by atoms with van der Waals surface area (Å²) < 4.78 is 48.5. The molecular weight excluding hydrogens is 398 g/mol. The maximum atomic E-state index is 13.6. The third-order valence-electron chi connectivity index (χ3n) is 3.72. The molecule has 0 unspecified atom stereocenters. The molecule has 0 bridgehead atoms. The standard InChI is InChI=1S/C20H26O6P2/c1-4-23-27(21,24-5-2)18(3)28(22,25-16-19-12-8-6-9-13-19)26-17-20-14-10-7-11-15-20/h6-15H,3-5,16-17H2,1-2H3. The Bertz CT molecular complexity index is 781. The molecule has 152 valence electrons. The van der Waals surface area contributed by atoms with Gasteiger partial charge < -0.3 is 18.1 Å². The van der Waals surface area contributed by atoms with Crippen LogP contribution in [-0.4, -0.2) is 13.2 Å². The Morgan fingerprint density at radius 1 is 0.714 bits per heavy atom. The van der Waals surface area contributed by atoms with E-state index in [9.17, 15) is 9.13 Å². The van der Waals surface area contributed by atoms with E-state index in [1.165, 1.54) is 0 Å². The second-order valence-corrected chi connectivity index (χ2v) is 10.2. The van der Waals surface area contributed by atoms with E-state index in [-0.39, 0.29) is 31.5 Å². The van der Waals surface area contributed by atoms with Gasteiger partial charge in [-0.05, 0) is 25.0 Å². The predicted molar refractivity (Wildman–Crippen MR) is 110 cm³/mol. The van der Waals surface area contributed by atoms with Crippen LogP contribution in [0.25, 0.3) is 0 Å². The molecule has 0 N–H and O–H groups in total. The Morgan fingerprint density at radius 2 is 1.07 bits per heavy atom. The third kappa shape index (κ3) is 6.25. The normalized spacial score (nSPS) is 12.1. The van der Waals surface area contributed by atoms with Gasteiger partial charge in [-0.1, -0.05) is 67.2 Å². The van der Waals surface area contributed by atoms with Gasteiger partial charge in [0.15, 0.2) is 0 Å². The molecule has 0 heterocycles. The van der Waals surface area contributed by atoms with E-state index in [0.717, 1.165) is 11.1 Å². The van der Waals surface area contributed by atoms with E-state index in [1.54, 1.807) is 13.8 Å². The zero-order chi connectivity index (χ0) is 20.5. The summed E-state index contributed by atoms with van der Waals surface area (Å²) in [4.78, 5) is 0. The molecule has 8 heteroatoms. The molecule has 2 aromatic rings. The van der Waals surface area contributed by atoms with Gasteiger partial charge in [-0.2, -0.15) is 0 Å². The zero-order valence-electron chi connectivity index (χ0n) is 16.2. The molecule has 2 rings (SSSR count). The van der Waals surface area contributed by atoms with Crippen LogP contribution in [0.4, 0.5) is 0 Å². The van der Waals surface area contributed by atoms with Crippen molar-refractivity contribution in [3.8, 4) is 0 Å². The lowest BCUT2D eigenvalue weighted by Crippen LogP contribution is -2.04. The van der Waals surface area contributed by atoms with Crippen molar-refractivity contribution in [2.24, 2.45) is 0 Å². The van der Waals surface area contributed by atoms with Crippen molar-refractivity contribution >= 4 is 15.2 Å². The summed E-state index contributed by atoms with van der Waals surface area (Å²) in [6.45, 7) is 7.28. The molecule has 0 spiro atoms. The Balaban J connectivity index is 2.26. The summed E-state index contributed by atoms with van der Waals surface area (Å²) in [5, 5.41) is -0.296. The van der Waals surface area contributed by atoms with Crippen LogP contribution in [0.3, 0.4) is 0 Å². The van der Waals surface area contributed by atoms with E-state index < -0.39 is 15.2 Å². The van der Waals surface area contributed by atoms with Crippen molar-refractivity contribution in [1.82, 2.24) is 0 Å². The summed E-state index contributed by atoms with van der Waals surface area (Å²) in [5.41, 5.74) is 1.59. The highest BCUT2D eigenvalue weighted by Crippen LogP contribution is 2.73. The molecule has 0 aromatic heterocycles. The summed E-state index contributed by atoms with van der Waals surface area (Å²) in [6.07, 6.45) is 0. The fourth-order valence-corrected chi connectivity index (χ4v) is 6.29. The van der Waals surface area contributed by atoms with Crippen LogP contribution in [0.1, 0.15) is 25.0 Å². The minimum absolute atomic E-state index is 0.00414. The molecule has 6 nitrogen and oxygen atoms in total. The predicted octanol–water partition coefficient (Wildman–Crippen LogP) is 6.35. The highest BCUT2D eigenvalue weighted by molar-refractivity contribution is 7.78. The summed E-state index contributed by atoms with van der Waals surface area (Å²) in [7, 11) is -7.91. The van der Waals surface area contributed by atoms with Crippen molar-refractivity contribution < 1.29 is 27.2 Å². The van der Waals surface area contributed by atoms with E-state index in [4.69, 9.17) is 18.1 Å². The molecule has 0 aliphatic carbocycles. The molecule has 0 aliphatic heterocycles. The Kier molecular flexibility index (Phi) is 8.84. The lowest BCUT2D eigenvalue weighted by Gasteiger charge is -2.25. The molecule has 0 aliphatic rings. The van der Waals surface area contributed by atoms with E-state index in [2.05, 4.69) is 6.58 Å². The van der Waals surface area contributed by atoms with Crippen molar-refractivity contribution in [2.45, 2.75) is 27.1 Å². The number of hydrogen-bond acceptors (Lipinski definition) is 6. The number of benzene rings is 2. The minimum atomic E-state index is -4.03. The van der Waals surface area contributed by atoms with Crippen LogP contribution < -0.4 is 0 Å². The van der Waals surface area contributed by atoms with Crippen molar-refractivity contribution in [3.05, 3.63) is 83.4 Å². The minimum Gasteiger partial charge on any atom is -0.305 e. The van der Waals surface area contributed by atoms with Gasteiger partial charge in [0, 0.05) is 0 Å². The first kappa shape index (κ1) is 22.8. The maximum absolute atomic E-state index is 13.6. The first-order chi connectivity index (χ1) is 13.4. The molecule has 2 aromatic carbocycles. The van der Waals surface area contributed by atoms with Crippen molar-refractivity contribution in [2.75, 3.05) is 13.2 Å². The summed E-state index contributed by atoms with van der Waals surface area (Å²) in [5.74, 6) is 0. The maximum Gasteiger partial charge on any atom is 0.369 e. The van der Waals surface area contributed by atoms with E-state index in [0.29, 0.717) is 0 Å². The first-order valence-electron chi connectivity index (χ1n) is 8.99. The van der Waals surface area contributed by atoms with Gasteiger partial charge in [-0.15, -0.1) is 0 Å². The van der Waals surface area contributed by atoms with Gasteiger partial charge in [0.1, 0.15) is 5.06 Å². The zero-order valence-corrected chi connectivity index (χ0v) is 17.9. The molecule has 0 saturated heterocycles. The molecule has 0 amide bonds. The number of rotatable bonds is 12. The highest BCUT2D eigenvalue weighted by Gasteiger charge is 2.44. The summed E-state index contributed by atoms with van der Waals surface area (Å²) >= 11 is 0. The third-order valence-corrected chi connectivity index (χ3v) is 8.59. The lowest BCUT2D eigenvalue weighted by atomic mass is 10.2. The number of hydrogen-bond donors (Lipinski definition) is 0. The van der Waals surface area contributed by atoms with Gasteiger partial charge in [0.2, 0.25) is 0 Å². The van der Waals surface area contributed by atoms with Gasteiger partial charge in [-0.3, -0.25) is 9.13 Å². The SMILES string of the molecule is C=C(P(=O)(OCC)OCC)P(=O)(OCc1ccccc1)OCc1ccccc1. The Morgan fingerprint density at radius 3 is 1.43 bits per heavy atom. The fraction of sp³-hybridized carbons (Fsp3) is 0.300. The Hall–Kier alpha value is -1.52. The first-order valence-corrected chi connectivity index (χ1v) is 12.1. The van der Waals surface area contributed by atoms with Gasteiger partial charge in [0.05, 0.1) is 26.4 Å². The molecule has 0 radical (unpaired) electrons. The van der Waals surface area contributed by atoms with Crippen LogP contribution in [-0.2, 0) is 40.4 Å². The highest BCUT2D eigenvalue weighted by atomic mass is 31.2. The average Bonchev–Trinajstić information content (AvgIpc) is 2.72. The van der Waals surface area contributed by atoms with Crippen LogP contribution >= 0.6 is 15.2 Å². The molecule has 0 saturated carbocycles. The van der Waals surface area contributed by atoms with E-state index >= 15 is 0 Å². The van der Waals surface area contributed by atoms with Crippen LogP contribution in [0.2, 0.25) is 0 Å². The van der Waals surface area contributed by atoms with Crippen molar-refractivity contribution in [3.63, 3.8) is 0 Å². The van der Waals surface area contributed by atoms with Crippen molar-refractivity contribution in [1.29, 1.82) is 0 Å². The van der Waals surface area contributed by atoms with E-state index in [1.807, 2.05) is 60.7 Å². The quantitative estimate of drug-likeness (QED) is 0.370. The second kappa shape index (κ2) is 10.9. The smallest absolute Gasteiger partial charge is 0.305 e. The van der Waals surface area contributed by atoms with Gasteiger partial charge >= 0.3 is 15.2 Å². The second-order valence-electron chi connectivity index (χ2n) is 5.76. The van der Waals surface area contributed by atoms with Crippen LogP contribution in [0.5, 0.6) is 0 Å². The topological polar surface area (TPSA) is 71.1 Å². The van der Waals surface area contributed by atoms with Crippen LogP contribution in [0, 0.1) is 0 Å². The molecular formula is C20H26O6P2. The Labute approximate surface area is 166 Å². The monoisotopic (exact) mass is 424 g/mol. The molecule has 0 fully saturated rings. The van der Waals surface area contributed by atoms with Crippen LogP contribution in [0.15, 0.2) is 72.3 Å². The fourth-order valence-electron chi connectivity index (χ4n) is 2.33. The largest absolute Gasteiger partial charge is 0.369 e.